The predicted octanol–water partition coefficient (Wildman–Crippen LogP) is 6.35. The molecule has 1 atom stereocenters. The first-order chi connectivity index (χ1) is 20.6. The van der Waals surface area contributed by atoms with E-state index in [-0.39, 0.29) is 40.5 Å². The Morgan fingerprint density at radius 2 is 1.35 bits per heavy atom. The number of rotatable bonds is 12. The van der Waals surface area contributed by atoms with Gasteiger partial charge in [-0.2, -0.15) is 0 Å². The minimum absolute atomic E-state index is 0.00496. The number of nitrogens with zero attached hydrogens (tertiary/aromatic N) is 2. The SMILES string of the molecule is CC(C)NC(=O)C(Cc1ccccc1)N(Cc1ccc(Cl)cc1)C(=O)CN(c1ccccc1Cl)S(=O)(=O)c1ccccc1. The Hall–Kier alpha value is -3.85. The van der Waals surface area contributed by atoms with Crippen molar-refractivity contribution in [3.05, 3.63) is 130 Å². The van der Waals surface area contributed by atoms with E-state index < -0.39 is 28.5 Å². The van der Waals surface area contributed by atoms with Crippen LogP contribution >= 0.6 is 23.2 Å². The van der Waals surface area contributed by atoms with Gasteiger partial charge < -0.3 is 10.2 Å². The summed E-state index contributed by atoms with van der Waals surface area (Å²) in [6.07, 6.45) is 0.219. The molecule has 0 aliphatic heterocycles. The van der Waals surface area contributed by atoms with Crippen LogP contribution in [0, 0.1) is 0 Å². The molecular formula is C33H33Cl2N3O4S. The van der Waals surface area contributed by atoms with Gasteiger partial charge in [-0.15, -0.1) is 0 Å². The molecule has 0 heterocycles. The number of carbonyl (C=O) groups is 2. The molecule has 0 aliphatic rings. The molecule has 7 nitrogen and oxygen atoms in total. The highest BCUT2D eigenvalue weighted by Gasteiger charge is 2.35. The molecule has 4 rings (SSSR count). The first kappa shape index (κ1) is 32.1. The van der Waals surface area contributed by atoms with Gasteiger partial charge in [0.2, 0.25) is 11.8 Å². The number of hydrogen-bond acceptors (Lipinski definition) is 4. The standard InChI is InChI=1S/C33H33Cl2N3O4S/c1-24(2)36-33(40)31(21-25-11-5-3-6-12-25)37(22-26-17-19-27(34)20-18-26)32(39)23-38(30-16-10-9-15-29(30)35)43(41,42)28-13-7-4-8-14-28/h3-20,24,31H,21-23H2,1-2H3,(H,36,40). The monoisotopic (exact) mass is 637 g/mol. The molecule has 0 saturated heterocycles. The van der Waals surface area contributed by atoms with E-state index in [1.165, 1.54) is 17.0 Å². The van der Waals surface area contributed by atoms with Crippen molar-refractivity contribution >= 4 is 50.7 Å². The number of benzene rings is 4. The van der Waals surface area contributed by atoms with E-state index in [1.807, 2.05) is 44.2 Å². The van der Waals surface area contributed by atoms with E-state index in [9.17, 15) is 18.0 Å². The summed E-state index contributed by atoms with van der Waals surface area (Å²) in [7, 11) is -4.22. The van der Waals surface area contributed by atoms with Crippen molar-refractivity contribution in [2.24, 2.45) is 0 Å². The van der Waals surface area contributed by atoms with E-state index in [4.69, 9.17) is 23.2 Å². The molecule has 1 N–H and O–H groups in total. The molecular weight excluding hydrogens is 605 g/mol. The maximum Gasteiger partial charge on any atom is 0.264 e. The Bertz CT molecular complexity index is 1630. The average molecular weight is 639 g/mol. The van der Waals surface area contributed by atoms with Crippen LogP contribution in [0.3, 0.4) is 0 Å². The van der Waals surface area contributed by atoms with Crippen molar-refractivity contribution < 1.29 is 18.0 Å². The fraction of sp³-hybridized carbons (Fsp3) is 0.212. The lowest BCUT2D eigenvalue weighted by Gasteiger charge is -2.34. The van der Waals surface area contributed by atoms with Crippen LogP contribution in [0.1, 0.15) is 25.0 Å². The van der Waals surface area contributed by atoms with Crippen molar-refractivity contribution in [1.82, 2.24) is 10.2 Å². The van der Waals surface area contributed by atoms with Crippen molar-refractivity contribution in [2.75, 3.05) is 10.8 Å². The van der Waals surface area contributed by atoms with Crippen molar-refractivity contribution in [3.63, 3.8) is 0 Å². The summed E-state index contributed by atoms with van der Waals surface area (Å²) in [4.78, 5) is 29.5. The third-order valence-corrected chi connectivity index (χ3v) is 9.04. The zero-order chi connectivity index (χ0) is 31.0. The highest BCUT2D eigenvalue weighted by molar-refractivity contribution is 7.92. The summed E-state index contributed by atoms with van der Waals surface area (Å²) in [6, 6.07) is 29.5. The molecule has 224 valence electrons. The number of sulfonamides is 1. The number of anilines is 1. The zero-order valence-electron chi connectivity index (χ0n) is 23.9. The molecule has 4 aromatic carbocycles. The summed E-state index contributed by atoms with van der Waals surface area (Å²) >= 11 is 12.6. The van der Waals surface area contributed by atoms with Crippen LogP contribution in [-0.2, 0) is 32.6 Å². The van der Waals surface area contributed by atoms with Crippen molar-refractivity contribution in [1.29, 1.82) is 0 Å². The van der Waals surface area contributed by atoms with Crippen LogP contribution in [0.5, 0.6) is 0 Å². The van der Waals surface area contributed by atoms with Gasteiger partial charge in [0.15, 0.2) is 0 Å². The van der Waals surface area contributed by atoms with Gasteiger partial charge in [-0.25, -0.2) is 8.42 Å². The number of hydrogen-bond donors (Lipinski definition) is 1. The van der Waals surface area contributed by atoms with Crippen LogP contribution in [0.25, 0.3) is 0 Å². The first-order valence-electron chi connectivity index (χ1n) is 13.8. The Kier molecular flexibility index (Phi) is 10.9. The summed E-state index contributed by atoms with van der Waals surface area (Å²) < 4.78 is 29.0. The van der Waals surface area contributed by atoms with Crippen LogP contribution in [0.2, 0.25) is 10.0 Å². The molecule has 0 saturated carbocycles. The van der Waals surface area contributed by atoms with Gasteiger partial charge in [-0.1, -0.05) is 96.0 Å². The minimum atomic E-state index is -4.22. The molecule has 0 spiro atoms. The van der Waals surface area contributed by atoms with E-state index >= 15 is 0 Å². The van der Waals surface area contributed by atoms with E-state index in [0.717, 1.165) is 15.4 Å². The zero-order valence-corrected chi connectivity index (χ0v) is 26.2. The van der Waals surface area contributed by atoms with E-state index in [1.54, 1.807) is 66.7 Å². The smallest absolute Gasteiger partial charge is 0.264 e. The summed E-state index contributed by atoms with van der Waals surface area (Å²) in [5.74, 6) is -0.925. The van der Waals surface area contributed by atoms with Gasteiger partial charge in [0.25, 0.3) is 10.0 Å². The lowest BCUT2D eigenvalue weighted by Crippen LogP contribution is -2.54. The Morgan fingerprint density at radius 1 is 0.767 bits per heavy atom. The Morgan fingerprint density at radius 3 is 1.95 bits per heavy atom. The fourth-order valence-corrected chi connectivity index (χ4v) is 6.48. The van der Waals surface area contributed by atoms with Crippen LogP contribution in [0.15, 0.2) is 114 Å². The van der Waals surface area contributed by atoms with Gasteiger partial charge in [-0.05, 0) is 61.4 Å². The largest absolute Gasteiger partial charge is 0.352 e. The van der Waals surface area contributed by atoms with Crippen LogP contribution in [0.4, 0.5) is 5.69 Å². The number of carbonyl (C=O) groups excluding carboxylic acids is 2. The maximum atomic E-state index is 14.4. The quantitative estimate of drug-likeness (QED) is 0.196. The number of nitrogens with one attached hydrogen (secondary N) is 1. The second-order valence-corrected chi connectivity index (χ2v) is 13.0. The van der Waals surface area contributed by atoms with Gasteiger partial charge >= 0.3 is 0 Å². The summed E-state index contributed by atoms with van der Waals surface area (Å²) in [5.41, 5.74) is 1.72. The molecule has 0 fully saturated rings. The second-order valence-electron chi connectivity index (χ2n) is 10.3. The molecule has 0 aromatic heterocycles. The third kappa shape index (κ3) is 8.38. The predicted molar refractivity (Wildman–Crippen MR) is 172 cm³/mol. The number of para-hydroxylation sites is 1. The van der Waals surface area contributed by atoms with Gasteiger partial charge in [0.05, 0.1) is 15.6 Å². The molecule has 0 aliphatic carbocycles. The molecule has 2 amide bonds. The lowest BCUT2D eigenvalue weighted by atomic mass is 10.0. The highest BCUT2D eigenvalue weighted by Crippen LogP contribution is 2.31. The van der Waals surface area contributed by atoms with E-state index in [2.05, 4.69) is 5.32 Å². The topological polar surface area (TPSA) is 86.8 Å². The lowest BCUT2D eigenvalue weighted by molar-refractivity contribution is -0.140. The Labute approximate surface area is 263 Å². The minimum Gasteiger partial charge on any atom is -0.352 e. The molecule has 0 bridgehead atoms. The van der Waals surface area contributed by atoms with Crippen LogP contribution in [-0.4, -0.2) is 43.8 Å². The van der Waals surface area contributed by atoms with Crippen molar-refractivity contribution in [2.45, 2.75) is 43.8 Å². The number of amides is 2. The van der Waals surface area contributed by atoms with Crippen LogP contribution < -0.4 is 9.62 Å². The van der Waals surface area contributed by atoms with E-state index in [0.29, 0.717) is 5.02 Å². The third-order valence-electron chi connectivity index (χ3n) is 6.70. The fourth-order valence-electron chi connectivity index (χ4n) is 4.61. The molecule has 4 aromatic rings. The van der Waals surface area contributed by atoms with Crippen molar-refractivity contribution in [3.8, 4) is 0 Å². The molecule has 0 radical (unpaired) electrons. The summed E-state index contributed by atoms with van der Waals surface area (Å²) in [6.45, 7) is 3.14. The van der Waals surface area contributed by atoms with Gasteiger partial charge in [0.1, 0.15) is 12.6 Å². The summed E-state index contributed by atoms with van der Waals surface area (Å²) in [5, 5.41) is 3.63. The normalized spacial score (nSPS) is 12.0. The molecule has 43 heavy (non-hydrogen) atoms. The van der Waals surface area contributed by atoms with Gasteiger partial charge in [-0.3, -0.25) is 13.9 Å². The second kappa shape index (κ2) is 14.6. The maximum absolute atomic E-state index is 14.4. The molecule has 1 unspecified atom stereocenters. The molecule has 10 heteroatoms. The highest BCUT2D eigenvalue weighted by atomic mass is 35.5. The van der Waals surface area contributed by atoms with Gasteiger partial charge in [0, 0.05) is 24.0 Å². The average Bonchev–Trinajstić information content (AvgIpc) is 2.99. The number of halogens is 2. The first-order valence-corrected chi connectivity index (χ1v) is 16.0. The Balaban J connectivity index is 1.80.